The second kappa shape index (κ2) is 13.3. The maximum atomic E-state index is 14.6. The van der Waals surface area contributed by atoms with Crippen molar-refractivity contribution in [3.63, 3.8) is 0 Å². The Hall–Kier alpha value is -4.07. The van der Waals surface area contributed by atoms with E-state index in [-0.39, 0.29) is 31.5 Å². The largest absolute Gasteiger partial charge is 0.496 e. The molecular formula is C29H33FN2O5. The summed E-state index contributed by atoms with van der Waals surface area (Å²) in [5.74, 6) is 0.117. The summed E-state index contributed by atoms with van der Waals surface area (Å²) in [6.07, 6.45) is 0.257. The molecule has 1 atom stereocenters. The normalized spacial score (nSPS) is 11.5. The number of carbonyl (C=O) groups is 2. The minimum atomic E-state index is -0.889. The van der Waals surface area contributed by atoms with E-state index in [0.29, 0.717) is 22.8 Å². The van der Waals surface area contributed by atoms with Crippen molar-refractivity contribution in [2.24, 2.45) is 0 Å². The van der Waals surface area contributed by atoms with Gasteiger partial charge < -0.3 is 24.4 Å². The van der Waals surface area contributed by atoms with Gasteiger partial charge >= 0.3 is 0 Å². The fourth-order valence-electron chi connectivity index (χ4n) is 3.84. The van der Waals surface area contributed by atoms with Gasteiger partial charge in [-0.05, 0) is 25.5 Å². The van der Waals surface area contributed by atoms with E-state index in [1.54, 1.807) is 36.4 Å². The van der Waals surface area contributed by atoms with Gasteiger partial charge in [-0.1, -0.05) is 48.5 Å². The van der Waals surface area contributed by atoms with E-state index in [1.165, 1.54) is 25.2 Å². The summed E-state index contributed by atoms with van der Waals surface area (Å²) in [4.78, 5) is 28.3. The first-order valence-electron chi connectivity index (χ1n) is 12.0. The van der Waals surface area contributed by atoms with Crippen LogP contribution in [0.5, 0.6) is 17.2 Å². The van der Waals surface area contributed by atoms with Crippen molar-refractivity contribution in [3.05, 3.63) is 89.7 Å². The van der Waals surface area contributed by atoms with E-state index in [4.69, 9.17) is 14.2 Å². The molecule has 1 unspecified atom stereocenters. The number of rotatable bonds is 12. The highest BCUT2D eigenvalue weighted by atomic mass is 19.1. The fraction of sp³-hybridized carbons (Fsp3) is 0.310. The summed E-state index contributed by atoms with van der Waals surface area (Å²) < 4.78 is 31.0. The van der Waals surface area contributed by atoms with Gasteiger partial charge in [-0.2, -0.15) is 0 Å². The van der Waals surface area contributed by atoms with E-state index >= 15 is 0 Å². The molecule has 8 heteroatoms. The Labute approximate surface area is 217 Å². The summed E-state index contributed by atoms with van der Waals surface area (Å²) in [5.41, 5.74) is 1.17. The number of halogens is 1. The summed E-state index contributed by atoms with van der Waals surface area (Å²) in [6, 6.07) is 19.5. The minimum absolute atomic E-state index is 0.0979. The fourth-order valence-corrected chi connectivity index (χ4v) is 3.84. The molecule has 0 aromatic heterocycles. The number of hydrogen-bond acceptors (Lipinski definition) is 5. The third-order valence-corrected chi connectivity index (χ3v) is 5.69. The van der Waals surface area contributed by atoms with Gasteiger partial charge in [0.1, 0.15) is 29.1 Å². The predicted molar refractivity (Wildman–Crippen MR) is 139 cm³/mol. The van der Waals surface area contributed by atoms with E-state index < -0.39 is 17.8 Å². The number of carbonyl (C=O) groups excluding carboxylic acids is 2. The van der Waals surface area contributed by atoms with Crippen LogP contribution in [0.15, 0.2) is 72.8 Å². The maximum Gasteiger partial charge on any atom is 0.261 e. The van der Waals surface area contributed by atoms with E-state index in [9.17, 15) is 14.0 Å². The van der Waals surface area contributed by atoms with Crippen LogP contribution >= 0.6 is 0 Å². The molecule has 3 rings (SSSR count). The van der Waals surface area contributed by atoms with E-state index in [1.807, 2.05) is 44.2 Å². The Morgan fingerprint density at radius 1 is 0.892 bits per heavy atom. The summed E-state index contributed by atoms with van der Waals surface area (Å²) in [7, 11) is 3.03. The molecule has 0 radical (unpaired) electrons. The zero-order valence-corrected chi connectivity index (χ0v) is 21.6. The first-order chi connectivity index (χ1) is 17.8. The molecule has 1 N–H and O–H groups in total. The summed E-state index contributed by atoms with van der Waals surface area (Å²) >= 11 is 0. The molecule has 196 valence electrons. The van der Waals surface area contributed by atoms with Crippen LogP contribution in [-0.4, -0.2) is 49.6 Å². The molecule has 0 spiro atoms. The molecular weight excluding hydrogens is 475 g/mol. The van der Waals surface area contributed by atoms with Crippen LogP contribution in [0.25, 0.3) is 0 Å². The van der Waals surface area contributed by atoms with Crippen LogP contribution in [0.3, 0.4) is 0 Å². The lowest BCUT2D eigenvalue weighted by Gasteiger charge is -2.32. The highest BCUT2D eigenvalue weighted by Crippen LogP contribution is 2.27. The van der Waals surface area contributed by atoms with Crippen molar-refractivity contribution < 1.29 is 28.2 Å². The van der Waals surface area contributed by atoms with Crippen molar-refractivity contribution in [2.75, 3.05) is 20.8 Å². The predicted octanol–water partition coefficient (Wildman–Crippen LogP) is 4.39. The van der Waals surface area contributed by atoms with Crippen molar-refractivity contribution in [2.45, 2.75) is 38.9 Å². The number of ether oxygens (including phenoxy) is 3. The van der Waals surface area contributed by atoms with Crippen LogP contribution in [0.1, 0.15) is 25.0 Å². The summed E-state index contributed by atoms with van der Waals surface area (Å²) in [5, 5.41) is 2.90. The minimum Gasteiger partial charge on any atom is -0.496 e. The Kier molecular flexibility index (Phi) is 9.89. The molecule has 0 heterocycles. The average Bonchev–Trinajstić information content (AvgIpc) is 2.90. The Morgan fingerprint density at radius 2 is 1.49 bits per heavy atom. The zero-order chi connectivity index (χ0) is 26.8. The van der Waals surface area contributed by atoms with Crippen molar-refractivity contribution in [1.82, 2.24) is 10.2 Å². The first kappa shape index (κ1) is 27.5. The highest BCUT2D eigenvalue weighted by molar-refractivity contribution is 5.88. The van der Waals surface area contributed by atoms with Crippen LogP contribution < -0.4 is 19.5 Å². The molecule has 0 bridgehead atoms. The maximum absolute atomic E-state index is 14.6. The van der Waals surface area contributed by atoms with Crippen LogP contribution in [0.2, 0.25) is 0 Å². The van der Waals surface area contributed by atoms with Gasteiger partial charge in [0.15, 0.2) is 6.61 Å². The topological polar surface area (TPSA) is 77.1 Å². The monoisotopic (exact) mass is 508 g/mol. The molecule has 2 amide bonds. The van der Waals surface area contributed by atoms with Crippen molar-refractivity contribution in [3.8, 4) is 17.2 Å². The van der Waals surface area contributed by atoms with E-state index in [0.717, 1.165) is 5.56 Å². The smallest absolute Gasteiger partial charge is 0.261 e. The average molecular weight is 509 g/mol. The van der Waals surface area contributed by atoms with Crippen LogP contribution in [-0.2, 0) is 22.6 Å². The molecule has 7 nitrogen and oxygen atoms in total. The van der Waals surface area contributed by atoms with Crippen molar-refractivity contribution in [1.29, 1.82) is 0 Å². The molecule has 37 heavy (non-hydrogen) atoms. The number of hydrogen-bond donors (Lipinski definition) is 1. The van der Waals surface area contributed by atoms with Gasteiger partial charge in [0.25, 0.3) is 5.91 Å². The first-order valence-corrected chi connectivity index (χ1v) is 12.0. The molecule has 0 aliphatic carbocycles. The van der Waals surface area contributed by atoms with Gasteiger partial charge in [0, 0.05) is 42.8 Å². The molecule has 0 saturated heterocycles. The Bertz CT molecular complexity index is 1160. The molecule has 0 aliphatic rings. The van der Waals surface area contributed by atoms with Gasteiger partial charge in [0.2, 0.25) is 5.91 Å². The number of amides is 2. The molecule has 3 aromatic rings. The molecule has 0 fully saturated rings. The Balaban J connectivity index is 1.93. The van der Waals surface area contributed by atoms with Crippen LogP contribution in [0.4, 0.5) is 4.39 Å². The number of nitrogens with one attached hydrogen (secondary N) is 1. The van der Waals surface area contributed by atoms with Gasteiger partial charge in [-0.3, -0.25) is 9.59 Å². The number of nitrogens with zero attached hydrogens (tertiary/aromatic N) is 1. The molecule has 0 aliphatic heterocycles. The van der Waals surface area contributed by atoms with Gasteiger partial charge in [-0.15, -0.1) is 0 Å². The van der Waals surface area contributed by atoms with Crippen molar-refractivity contribution >= 4 is 11.8 Å². The second-order valence-electron chi connectivity index (χ2n) is 8.82. The lowest BCUT2D eigenvalue weighted by atomic mass is 10.0. The lowest BCUT2D eigenvalue weighted by molar-refractivity contribution is -0.143. The SMILES string of the molecule is COc1cc(OC)cc(OCC(=O)N(Cc2ccccc2F)C(Cc2ccccc2)C(=O)NC(C)C)c1. The zero-order valence-electron chi connectivity index (χ0n) is 21.6. The van der Waals surface area contributed by atoms with Gasteiger partial charge in [-0.25, -0.2) is 4.39 Å². The number of methoxy groups -OCH3 is 2. The highest BCUT2D eigenvalue weighted by Gasteiger charge is 2.31. The molecule has 0 saturated carbocycles. The van der Waals surface area contributed by atoms with Crippen LogP contribution in [0, 0.1) is 5.82 Å². The number of benzene rings is 3. The lowest BCUT2D eigenvalue weighted by Crippen LogP contribution is -2.53. The quantitative estimate of drug-likeness (QED) is 0.393. The second-order valence-corrected chi connectivity index (χ2v) is 8.82. The third-order valence-electron chi connectivity index (χ3n) is 5.69. The summed E-state index contributed by atoms with van der Waals surface area (Å²) in [6.45, 7) is 3.23. The Morgan fingerprint density at radius 3 is 2.08 bits per heavy atom. The van der Waals surface area contributed by atoms with Gasteiger partial charge in [0.05, 0.1) is 14.2 Å². The van der Waals surface area contributed by atoms with E-state index in [2.05, 4.69) is 5.32 Å². The standard InChI is InChI=1S/C29H33FN2O5/c1-20(2)31-29(34)27(14-21-10-6-5-7-11-21)32(18-22-12-8-9-13-26(22)30)28(33)19-37-25-16-23(35-3)15-24(17-25)36-4/h5-13,15-17,20,27H,14,18-19H2,1-4H3,(H,31,34). The third kappa shape index (κ3) is 7.96. The molecule has 3 aromatic carbocycles.